The Morgan fingerprint density at radius 1 is 0.754 bits per heavy atom. The molecule has 0 amide bonds. The number of aliphatic hydroxyl groups is 1. The van der Waals surface area contributed by atoms with Gasteiger partial charge < -0.3 is 19.7 Å². The van der Waals surface area contributed by atoms with Crippen molar-refractivity contribution in [3.8, 4) is 11.5 Å². The van der Waals surface area contributed by atoms with E-state index in [1.165, 1.54) is 36.4 Å². The number of hydrogen-bond acceptors (Lipinski definition) is 7. The number of carbonyl (C=O) groups is 4. The Balaban J connectivity index is -0.000000687. The van der Waals surface area contributed by atoms with E-state index in [0.717, 1.165) is 60.8 Å². The normalized spacial score (nSPS) is 10.2. The molecule has 4 rings (SSSR count). The molecular weight excluding hydrogens is 943 g/mol. The number of Topliss-reactive ketones (excluding diaryl/α,β-unsaturated/α-hetero) is 2. The summed E-state index contributed by atoms with van der Waals surface area (Å²) >= 11 is 0. The summed E-state index contributed by atoms with van der Waals surface area (Å²) in [4.78, 5) is 43.3. The van der Waals surface area contributed by atoms with Crippen molar-refractivity contribution in [2.45, 2.75) is 105 Å². The first-order valence-electron chi connectivity index (χ1n) is 18.4. The fourth-order valence-corrected chi connectivity index (χ4v) is 5.00. The summed E-state index contributed by atoms with van der Waals surface area (Å²) in [6.07, 6.45) is 10.7. The van der Waals surface area contributed by atoms with Crippen LogP contribution in [0, 0.1) is 39.0 Å². The number of aromatic hydroxyl groups is 1. The maximum absolute atomic E-state index is 11.8. The molecule has 0 aromatic heterocycles. The molecule has 0 aliphatic carbocycles. The van der Waals surface area contributed by atoms with Crippen molar-refractivity contribution in [3.63, 3.8) is 0 Å². The van der Waals surface area contributed by atoms with Crippen molar-refractivity contribution >= 4 is 29.7 Å². The van der Waals surface area contributed by atoms with Crippen LogP contribution in [0.1, 0.15) is 109 Å². The topological polar surface area (TPSA) is 118 Å². The molecule has 2 N–H and O–H groups in total. The number of ether oxygens (including phenoxy) is 1. The number of aliphatic hydroxyl groups excluding tert-OH is 1. The Hall–Kier alpha value is -1.83. The third-order valence-electron chi connectivity index (χ3n) is 7.90. The van der Waals surface area contributed by atoms with E-state index in [4.69, 9.17) is 9.84 Å². The number of methoxy groups -OCH3 is 1. The van der Waals surface area contributed by atoms with Gasteiger partial charge in [-0.1, -0.05) is 53.0 Å². The number of allylic oxidation sites excluding steroid dienone is 1. The molecule has 4 aromatic carbocycles. The minimum atomic E-state index is -0.454. The molecule has 1 atom stereocenters. The summed E-state index contributed by atoms with van der Waals surface area (Å²) in [6.45, 7) is 11.3. The van der Waals surface area contributed by atoms with Gasteiger partial charge in [0.05, 0.1) is 13.2 Å². The van der Waals surface area contributed by atoms with Gasteiger partial charge in [0, 0.05) is 123 Å². The number of phenols is 1. The van der Waals surface area contributed by atoms with Gasteiger partial charge in [0.1, 0.15) is 17.9 Å². The molecule has 1 unspecified atom stereocenters. The van der Waals surface area contributed by atoms with Gasteiger partial charge in [-0.15, -0.1) is 5.56 Å². The Kier molecular flexibility index (Phi) is 37.6. The van der Waals surface area contributed by atoms with Crippen LogP contribution < -0.4 is 4.74 Å². The first-order chi connectivity index (χ1) is 25.8. The van der Waals surface area contributed by atoms with E-state index >= 15 is 0 Å². The van der Waals surface area contributed by atoms with Gasteiger partial charge in [-0.3, -0.25) is 14.4 Å². The largest absolute Gasteiger partial charge is 0.504 e. The minimum Gasteiger partial charge on any atom is -0.504 e. The first-order valence-corrected chi connectivity index (χ1v) is 18.4. The maximum atomic E-state index is 11.8. The predicted molar refractivity (Wildman–Crippen MR) is 217 cm³/mol. The number of carbonyl (C=O) groups excluding carboxylic acids is 4. The second-order valence-electron chi connectivity index (χ2n) is 13.2. The molecule has 10 heteroatoms. The van der Waals surface area contributed by atoms with Crippen molar-refractivity contribution in [2.75, 3.05) is 7.11 Å². The minimum absolute atomic E-state index is 0. The summed E-state index contributed by atoms with van der Waals surface area (Å²) in [6, 6.07) is 31.3. The van der Waals surface area contributed by atoms with E-state index < -0.39 is 6.10 Å². The van der Waals surface area contributed by atoms with Crippen molar-refractivity contribution in [3.05, 3.63) is 136 Å². The van der Waals surface area contributed by atoms with Crippen LogP contribution in [0.15, 0.2) is 78.9 Å². The molecule has 0 aliphatic rings. The molecule has 0 heterocycles. The smallest absolute Gasteiger partial charge is 0.161 e. The molecule has 0 spiro atoms. The summed E-state index contributed by atoms with van der Waals surface area (Å²) in [7, 11) is 1.43. The molecule has 299 valence electrons. The van der Waals surface area contributed by atoms with Gasteiger partial charge in [-0.2, -0.15) is 101 Å². The second-order valence-corrected chi connectivity index (χ2v) is 13.2. The molecular formula is C47H57O7Y3-3. The van der Waals surface area contributed by atoms with E-state index in [-0.39, 0.29) is 121 Å². The molecule has 4 aromatic rings. The van der Waals surface area contributed by atoms with Crippen LogP contribution >= 0.6 is 0 Å². The van der Waals surface area contributed by atoms with E-state index in [0.29, 0.717) is 36.9 Å². The third-order valence-corrected chi connectivity index (χ3v) is 7.90. The van der Waals surface area contributed by atoms with E-state index in [1.54, 1.807) is 19.9 Å². The Morgan fingerprint density at radius 2 is 1.30 bits per heavy atom. The van der Waals surface area contributed by atoms with Gasteiger partial charge in [-0.05, 0) is 57.4 Å². The Labute approximate surface area is 417 Å². The van der Waals surface area contributed by atoms with Gasteiger partial charge in [0.2, 0.25) is 0 Å². The number of benzene rings is 4. The number of aryl methyl sites for hydroxylation is 5. The standard InChI is InChI=1S/C17H25O2.C11H13O.C11H11O.C8H8O3.3Y/c1-3-4-5-9-16(18)13-17(19)11-10-15-8-6-7-14(2)12-15;2*1-9-4-3-5-11(8-9)7-6-10(2)12;1-11-8-4-6(5-9)2-3-7(8)10;;;/h6,8,12,16,18H,3-5,9-11,13H2,1-2H3;3,5,8H,6-7H2,1-2H3;3,5-8H,1-2H3;2-5,10H,1H3;;;/q3*-1;;;;/b;;7-6+;;;;. The van der Waals surface area contributed by atoms with Crippen molar-refractivity contribution in [1.29, 1.82) is 0 Å². The zero-order chi connectivity index (χ0) is 40.3. The van der Waals surface area contributed by atoms with Crippen LogP contribution in [-0.2, 0) is 125 Å². The summed E-state index contributed by atoms with van der Waals surface area (Å²) in [5.74, 6) is 0.836. The monoisotopic (exact) mass is 1000 g/mol. The molecule has 57 heavy (non-hydrogen) atoms. The van der Waals surface area contributed by atoms with Crippen LogP contribution in [-0.4, -0.2) is 47.1 Å². The molecule has 0 aliphatic heterocycles. The van der Waals surface area contributed by atoms with Gasteiger partial charge in [-0.25, -0.2) is 0 Å². The van der Waals surface area contributed by atoms with Crippen molar-refractivity contribution in [2.24, 2.45) is 0 Å². The molecule has 0 saturated heterocycles. The SMILES string of the molecule is CC(=O)/C=C/c1cc[c-]c(C)c1.CC(=O)CCc1cc[c-]c(C)c1.CCCCCC(O)CC(=O)CCc1cc[c-]c(C)c1.COc1cc(C=O)ccc1O.[Y].[Y].[Y]. The van der Waals surface area contributed by atoms with Gasteiger partial charge in [0.25, 0.3) is 0 Å². The van der Waals surface area contributed by atoms with E-state index in [2.05, 4.69) is 37.3 Å². The van der Waals surface area contributed by atoms with Crippen LogP contribution in [0.3, 0.4) is 0 Å². The van der Waals surface area contributed by atoms with Crippen molar-refractivity contribution < 1.29 is 132 Å². The fraction of sp³-hybridized carbons (Fsp3) is 0.362. The molecule has 0 bridgehead atoms. The fourth-order valence-electron chi connectivity index (χ4n) is 5.00. The summed E-state index contributed by atoms with van der Waals surface area (Å²) in [5.41, 5.74) is 7.24. The van der Waals surface area contributed by atoms with Gasteiger partial charge in [0.15, 0.2) is 17.3 Å². The third kappa shape index (κ3) is 30.8. The van der Waals surface area contributed by atoms with Crippen LogP contribution in [0.4, 0.5) is 0 Å². The van der Waals surface area contributed by atoms with Crippen LogP contribution in [0.5, 0.6) is 11.5 Å². The molecule has 0 fully saturated rings. The van der Waals surface area contributed by atoms with E-state index in [1.807, 2.05) is 69.3 Å². The number of hydrogen-bond donors (Lipinski definition) is 2. The number of aldehydes is 1. The number of ketones is 3. The zero-order valence-electron chi connectivity index (χ0n) is 34.8. The van der Waals surface area contributed by atoms with Crippen LogP contribution in [0.2, 0.25) is 0 Å². The van der Waals surface area contributed by atoms with Crippen LogP contribution in [0.25, 0.3) is 6.08 Å². The summed E-state index contributed by atoms with van der Waals surface area (Å²) in [5, 5.41) is 18.9. The number of phenolic OH excluding ortho intramolecular Hbond substituents is 1. The van der Waals surface area contributed by atoms with E-state index in [9.17, 15) is 24.3 Å². The molecule has 3 radical (unpaired) electrons. The summed E-state index contributed by atoms with van der Waals surface area (Å²) < 4.78 is 4.78. The average Bonchev–Trinajstić information content (AvgIpc) is 3.13. The van der Waals surface area contributed by atoms with Gasteiger partial charge >= 0.3 is 0 Å². The number of unbranched alkanes of at least 4 members (excludes halogenated alkanes) is 2. The number of rotatable bonds is 16. The Morgan fingerprint density at radius 3 is 1.77 bits per heavy atom. The zero-order valence-corrected chi connectivity index (χ0v) is 43.3. The predicted octanol–water partition coefficient (Wildman–Crippen LogP) is 9.55. The molecule has 7 nitrogen and oxygen atoms in total. The first kappa shape index (κ1) is 59.5. The maximum Gasteiger partial charge on any atom is 0.161 e. The average molecular weight is 1000 g/mol. The van der Waals surface area contributed by atoms with Crippen molar-refractivity contribution in [1.82, 2.24) is 0 Å². The molecule has 0 saturated carbocycles. The quantitative estimate of drug-likeness (QED) is 0.0497. The Bertz CT molecular complexity index is 1770. The second kappa shape index (κ2) is 36.1.